The van der Waals surface area contributed by atoms with Crippen LogP contribution in [-0.4, -0.2) is 29.8 Å². The van der Waals surface area contributed by atoms with Gasteiger partial charge in [-0.15, -0.1) is 0 Å². The molecule has 1 heterocycles. The van der Waals surface area contributed by atoms with E-state index >= 15 is 0 Å². The molecule has 5 heteroatoms. The Morgan fingerprint density at radius 1 is 1.11 bits per heavy atom. The Balaban J connectivity index is 2.31. The molecule has 146 valence electrons. The second kappa shape index (κ2) is 6.42. The Morgan fingerprint density at radius 3 is 2.33 bits per heavy atom. The highest BCUT2D eigenvalue weighted by Crippen LogP contribution is 2.48. The van der Waals surface area contributed by atoms with E-state index in [1.165, 1.54) is 23.0 Å². The summed E-state index contributed by atoms with van der Waals surface area (Å²) in [6.07, 6.45) is 2.25. The Morgan fingerprint density at radius 2 is 1.78 bits per heavy atom. The van der Waals surface area contributed by atoms with Crippen LogP contribution in [0.5, 0.6) is 0 Å². The molecule has 0 saturated heterocycles. The van der Waals surface area contributed by atoms with Gasteiger partial charge in [-0.05, 0) is 42.8 Å². The fraction of sp³-hybridized carbons (Fsp3) is 0.500. The first-order valence-electron chi connectivity index (χ1n) is 9.59. The lowest BCUT2D eigenvalue weighted by Crippen LogP contribution is -2.39. The first kappa shape index (κ1) is 20.0. The van der Waals surface area contributed by atoms with E-state index < -0.39 is 10.1 Å². The maximum Gasteiger partial charge on any atom is 0.294 e. The molecule has 4 nitrogen and oxygen atoms in total. The summed E-state index contributed by atoms with van der Waals surface area (Å²) in [7, 11) is -4.21. The molecule has 0 aromatic heterocycles. The van der Waals surface area contributed by atoms with Gasteiger partial charge in [0.1, 0.15) is 6.54 Å². The standard InChI is InChI=1S/C22H29NO3S/c1-7-8-13-23-18-12-9-15-14-16(27(24,25)26)10-11-17(15)19(18)22(5,6)20(23)21(2,3)4/h9-12,14H,7-8,13H2,1-6H3/p+1. The van der Waals surface area contributed by atoms with Gasteiger partial charge in [-0.2, -0.15) is 13.0 Å². The van der Waals surface area contributed by atoms with Gasteiger partial charge in [0.25, 0.3) is 10.1 Å². The molecule has 0 saturated carbocycles. The molecule has 27 heavy (non-hydrogen) atoms. The molecule has 2 aromatic rings. The third kappa shape index (κ3) is 3.32. The zero-order chi connectivity index (χ0) is 20.2. The lowest BCUT2D eigenvalue weighted by molar-refractivity contribution is -0.443. The molecule has 0 unspecified atom stereocenters. The molecule has 0 fully saturated rings. The van der Waals surface area contributed by atoms with Crippen LogP contribution in [0.2, 0.25) is 0 Å². The van der Waals surface area contributed by atoms with E-state index in [2.05, 4.69) is 52.2 Å². The first-order valence-corrected chi connectivity index (χ1v) is 11.0. The molecule has 3 rings (SSSR count). The van der Waals surface area contributed by atoms with Crippen LogP contribution in [0.15, 0.2) is 35.2 Å². The second-order valence-electron chi connectivity index (χ2n) is 9.05. The van der Waals surface area contributed by atoms with E-state index in [0.29, 0.717) is 0 Å². The van der Waals surface area contributed by atoms with Crippen molar-refractivity contribution in [2.45, 2.75) is 64.7 Å². The molecule has 0 amide bonds. The second-order valence-corrected chi connectivity index (χ2v) is 10.5. The van der Waals surface area contributed by atoms with Crippen LogP contribution in [-0.2, 0) is 15.5 Å². The number of benzene rings is 2. The van der Waals surface area contributed by atoms with Crippen molar-refractivity contribution in [3.05, 3.63) is 35.9 Å². The van der Waals surface area contributed by atoms with E-state index in [1.54, 1.807) is 6.07 Å². The van der Waals surface area contributed by atoms with Gasteiger partial charge in [0.05, 0.1) is 10.3 Å². The van der Waals surface area contributed by atoms with E-state index in [1.807, 2.05) is 12.1 Å². The predicted octanol–water partition coefficient (Wildman–Crippen LogP) is 5.31. The van der Waals surface area contributed by atoms with Crippen molar-refractivity contribution in [2.75, 3.05) is 6.54 Å². The summed E-state index contributed by atoms with van der Waals surface area (Å²) in [5, 5.41) is 1.88. The van der Waals surface area contributed by atoms with Crippen molar-refractivity contribution in [3.8, 4) is 0 Å². The molecule has 0 spiro atoms. The van der Waals surface area contributed by atoms with Crippen molar-refractivity contribution in [1.82, 2.24) is 0 Å². The first-order chi connectivity index (χ1) is 12.4. The summed E-state index contributed by atoms with van der Waals surface area (Å²) in [6.45, 7) is 14.5. The summed E-state index contributed by atoms with van der Waals surface area (Å²) >= 11 is 0. The Bertz CT molecular complexity index is 1040. The maximum atomic E-state index is 11.5. The Hall–Kier alpha value is -1.72. The van der Waals surface area contributed by atoms with Gasteiger partial charge in [-0.25, -0.2) is 0 Å². The minimum absolute atomic E-state index is 0.0109. The molecular weight excluding hydrogens is 358 g/mol. The third-order valence-corrected chi connectivity index (χ3v) is 6.34. The summed E-state index contributed by atoms with van der Waals surface area (Å²) in [4.78, 5) is -0.0615. The molecule has 1 aliphatic heterocycles. The van der Waals surface area contributed by atoms with Crippen molar-refractivity contribution >= 4 is 32.3 Å². The quantitative estimate of drug-likeness (QED) is 0.570. The fourth-order valence-corrected chi connectivity index (χ4v) is 5.32. The van der Waals surface area contributed by atoms with Crippen LogP contribution in [0, 0.1) is 5.41 Å². The lowest BCUT2D eigenvalue weighted by Gasteiger charge is -2.27. The maximum absolute atomic E-state index is 11.5. The van der Waals surface area contributed by atoms with Crippen LogP contribution < -0.4 is 0 Å². The summed E-state index contributed by atoms with van der Waals surface area (Å²) in [6, 6.07) is 8.96. The number of fused-ring (bicyclic) bond motifs is 3. The van der Waals surface area contributed by atoms with Crippen LogP contribution in [0.3, 0.4) is 0 Å². The molecular formula is C22H30NO3S+. The summed E-state index contributed by atoms with van der Waals surface area (Å²) in [5.41, 5.74) is 3.69. The number of hydrogen-bond acceptors (Lipinski definition) is 2. The van der Waals surface area contributed by atoms with Crippen LogP contribution in [0.4, 0.5) is 5.69 Å². The molecule has 2 aromatic carbocycles. The highest BCUT2D eigenvalue weighted by molar-refractivity contribution is 7.85. The molecule has 0 aliphatic carbocycles. The summed E-state index contributed by atoms with van der Waals surface area (Å²) < 4.78 is 34.9. The topological polar surface area (TPSA) is 57.4 Å². The van der Waals surface area contributed by atoms with Crippen LogP contribution >= 0.6 is 0 Å². The third-order valence-electron chi connectivity index (χ3n) is 5.49. The van der Waals surface area contributed by atoms with Gasteiger partial charge in [0, 0.05) is 23.5 Å². The molecule has 1 N–H and O–H groups in total. The van der Waals surface area contributed by atoms with Gasteiger partial charge >= 0.3 is 0 Å². The normalized spacial score (nSPS) is 16.9. The van der Waals surface area contributed by atoms with Crippen molar-refractivity contribution in [3.63, 3.8) is 0 Å². The monoisotopic (exact) mass is 388 g/mol. The largest absolute Gasteiger partial charge is 0.294 e. The lowest BCUT2D eigenvalue weighted by atomic mass is 9.70. The molecule has 1 aliphatic rings. The number of hydrogen-bond donors (Lipinski definition) is 1. The SMILES string of the molecule is CCCC[N+]1=C(C(C)(C)C)C(C)(C)c2c1ccc1cc(S(=O)(=O)O)ccc21. The number of unbranched alkanes of at least 4 members (excludes halogenated alkanes) is 1. The van der Waals surface area contributed by atoms with E-state index in [4.69, 9.17) is 0 Å². The van der Waals surface area contributed by atoms with Gasteiger partial charge in [0.2, 0.25) is 5.69 Å². The Labute approximate surface area is 162 Å². The van der Waals surface area contributed by atoms with Crippen LogP contribution in [0.25, 0.3) is 10.8 Å². The minimum Gasteiger partial charge on any atom is -0.282 e. The highest BCUT2D eigenvalue weighted by Gasteiger charge is 2.51. The average molecular weight is 389 g/mol. The molecule has 0 radical (unpaired) electrons. The van der Waals surface area contributed by atoms with Gasteiger partial charge in [0.15, 0.2) is 5.71 Å². The fourth-order valence-electron chi connectivity index (χ4n) is 4.81. The zero-order valence-electron chi connectivity index (χ0n) is 17.1. The minimum atomic E-state index is -4.21. The number of nitrogens with zero attached hydrogens (tertiary/aromatic N) is 1. The van der Waals surface area contributed by atoms with Crippen molar-refractivity contribution < 1.29 is 17.5 Å². The van der Waals surface area contributed by atoms with Gasteiger partial charge < -0.3 is 0 Å². The summed E-state index contributed by atoms with van der Waals surface area (Å²) in [5.74, 6) is 0. The van der Waals surface area contributed by atoms with Gasteiger partial charge in [-0.3, -0.25) is 4.55 Å². The molecule has 0 atom stereocenters. The van der Waals surface area contributed by atoms with Gasteiger partial charge in [-0.1, -0.05) is 40.2 Å². The smallest absolute Gasteiger partial charge is 0.282 e. The molecule has 0 bridgehead atoms. The van der Waals surface area contributed by atoms with E-state index in [9.17, 15) is 13.0 Å². The van der Waals surface area contributed by atoms with Crippen molar-refractivity contribution in [1.29, 1.82) is 0 Å². The van der Waals surface area contributed by atoms with Crippen molar-refractivity contribution in [2.24, 2.45) is 5.41 Å². The van der Waals surface area contributed by atoms with E-state index in [-0.39, 0.29) is 15.7 Å². The highest BCUT2D eigenvalue weighted by atomic mass is 32.2. The average Bonchev–Trinajstić information content (AvgIpc) is 2.78. The number of rotatable bonds is 4. The zero-order valence-corrected chi connectivity index (χ0v) is 17.9. The van der Waals surface area contributed by atoms with Crippen LogP contribution in [0.1, 0.15) is 59.9 Å². The Kier molecular flexibility index (Phi) is 4.76. The van der Waals surface area contributed by atoms with E-state index in [0.717, 1.165) is 30.2 Å². The predicted molar refractivity (Wildman–Crippen MR) is 111 cm³/mol.